The normalized spacial score (nSPS) is 11.0. The molecule has 3 aromatic rings. The topological polar surface area (TPSA) is 57.8 Å². The van der Waals surface area contributed by atoms with E-state index in [1.54, 1.807) is 41.7 Å². The van der Waals surface area contributed by atoms with E-state index in [4.69, 9.17) is 0 Å². The van der Waals surface area contributed by atoms with E-state index in [2.05, 4.69) is 4.98 Å². The average Bonchev–Trinajstić information content (AvgIpc) is 3.00. The maximum absolute atomic E-state index is 13.7. The van der Waals surface area contributed by atoms with Gasteiger partial charge >= 0.3 is 5.97 Å². The van der Waals surface area contributed by atoms with Crippen LogP contribution in [-0.4, -0.2) is 27.5 Å². The van der Waals surface area contributed by atoms with Crippen molar-refractivity contribution in [1.82, 2.24) is 9.38 Å². The Hall–Kier alpha value is -2.41. The quantitative estimate of drug-likeness (QED) is 0.805. The van der Waals surface area contributed by atoms with Gasteiger partial charge in [0, 0.05) is 30.7 Å². The molecule has 0 amide bonds. The molecule has 21 heavy (non-hydrogen) atoms. The second kappa shape index (κ2) is 5.17. The van der Waals surface area contributed by atoms with Crippen molar-refractivity contribution in [3.63, 3.8) is 0 Å². The third-order valence-corrected chi connectivity index (χ3v) is 3.93. The van der Waals surface area contributed by atoms with Crippen LogP contribution < -0.4 is 4.90 Å². The number of aromatic nitrogens is 2. The third-order valence-electron chi connectivity index (χ3n) is 3.17. The van der Waals surface area contributed by atoms with Crippen molar-refractivity contribution >= 4 is 28.1 Å². The highest BCUT2D eigenvalue weighted by atomic mass is 32.1. The van der Waals surface area contributed by atoms with Crippen molar-refractivity contribution in [2.75, 3.05) is 11.9 Å². The van der Waals surface area contributed by atoms with E-state index in [1.807, 2.05) is 0 Å². The lowest BCUT2D eigenvalue weighted by Crippen LogP contribution is -2.20. The van der Waals surface area contributed by atoms with E-state index in [-0.39, 0.29) is 18.1 Å². The lowest BCUT2D eigenvalue weighted by atomic mass is 10.2. The highest BCUT2D eigenvalue weighted by Crippen LogP contribution is 2.25. The number of carbonyl (C=O) groups is 1. The number of rotatable bonds is 4. The maximum atomic E-state index is 13.7. The van der Waals surface area contributed by atoms with Crippen LogP contribution in [0.4, 0.5) is 10.2 Å². The van der Waals surface area contributed by atoms with E-state index in [9.17, 15) is 14.3 Å². The molecule has 0 aliphatic rings. The monoisotopic (exact) mass is 305 g/mol. The summed E-state index contributed by atoms with van der Waals surface area (Å²) in [5, 5.41) is 11.2. The molecule has 0 atom stereocenters. The van der Waals surface area contributed by atoms with Crippen LogP contribution in [0.1, 0.15) is 16.1 Å². The Bertz CT molecular complexity index is 812. The molecular weight excluding hydrogens is 293 g/mol. The summed E-state index contributed by atoms with van der Waals surface area (Å²) < 4.78 is 15.2. The Morgan fingerprint density at radius 3 is 2.95 bits per heavy atom. The van der Waals surface area contributed by atoms with Gasteiger partial charge in [0.25, 0.3) is 0 Å². The molecule has 0 fully saturated rings. The Labute approximate surface area is 123 Å². The van der Waals surface area contributed by atoms with Gasteiger partial charge in [-0.1, -0.05) is 18.2 Å². The number of benzene rings is 1. The number of thiazole rings is 1. The molecule has 1 aromatic carbocycles. The first-order valence-corrected chi connectivity index (χ1v) is 7.09. The number of imidazole rings is 1. The number of anilines is 1. The number of fused-ring (bicyclic) bond motifs is 1. The Morgan fingerprint density at radius 2 is 2.24 bits per heavy atom. The van der Waals surface area contributed by atoms with Crippen molar-refractivity contribution in [2.24, 2.45) is 0 Å². The number of halogens is 1. The highest BCUT2D eigenvalue weighted by molar-refractivity contribution is 7.15. The molecular formula is C14H12FN3O2S. The summed E-state index contributed by atoms with van der Waals surface area (Å²) in [4.78, 5) is 18.0. The lowest BCUT2D eigenvalue weighted by Gasteiger charge is -2.17. The van der Waals surface area contributed by atoms with Crippen molar-refractivity contribution in [2.45, 2.75) is 6.54 Å². The van der Waals surface area contributed by atoms with Crippen LogP contribution in [0.15, 0.2) is 35.8 Å². The molecule has 0 saturated heterocycles. The molecule has 0 aliphatic carbocycles. The molecule has 7 heteroatoms. The van der Waals surface area contributed by atoms with Crippen LogP contribution in [0.5, 0.6) is 0 Å². The van der Waals surface area contributed by atoms with Crippen LogP contribution in [-0.2, 0) is 6.54 Å². The fraction of sp³-hybridized carbons (Fsp3) is 0.143. The fourth-order valence-corrected chi connectivity index (χ4v) is 2.91. The number of aromatic carboxylic acids is 1. The SMILES string of the molecule is CN(Cc1ccccc1F)c1nc2sccn2c1C(=O)O. The Morgan fingerprint density at radius 1 is 1.48 bits per heavy atom. The molecule has 3 rings (SSSR count). The molecule has 5 nitrogen and oxygen atoms in total. The second-order valence-corrected chi connectivity index (χ2v) is 5.47. The molecule has 0 radical (unpaired) electrons. The van der Waals surface area contributed by atoms with Gasteiger partial charge in [0.1, 0.15) is 5.82 Å². The molecule has 108 valence electrons. The van der Waals surface area contributed by atoms with Crippen LogP contribution in [0.2, 0.25) is 0 Å². The molecule has 2 aromatic heterocycles. The molecule has 0 unspecified atom stereocenters. The zero-order chi connectivity index (χ0) is 15.0. The van der Waals surface area contributed by atoms with E-state index >= 15 is 0 Å². The van der Waals surface area contributed by atoms with Gasteiger partial charge in [0.2, 0.25) is 0 Å². The zero-order valence-electron chi connectivity index (χ0n) is 11.2. The molecule has 0 aliphatic heterocycles. The van der Waals surface area contributed by atoms with Crippen LogP contribution in [0.3, 0.4) is 0 Å². The van der Waals surface area contributed by atoms with Gasteiger partial charge in [-0.15, -0.1) is 11.3 Å². The predicted octanol–water partition coefficient (Wildman–Crippen LogP) is 2.87. The zero-order valence-corrected chi connectivity index (χ0v) is 12.0. The van der Waals surface area contributed by atoms with Gasteiger partial charge in [-0.05, 0) is 6.07 Å². The predicted molar refractivity (Wildman–Crippen MR) is 78.5 cm³/mol. The first-order valence-electron chi connectivity index (χ1n) is 6.21. The van der Waals surface area contributed by atoms with Gasteiger partial charge in [-0.25, -0.2) is 14.2 Å². The minimum Gasteiger partial charge on any atom is -0.476 e. The molecule has 0 spiro atoms. The van der Waals surface area contributed by atoms with E-state index in [0.717, 1.165) is 0 Å². The van der Waals surface area contributed by atoms with Gasteiger partial charge in [-0.3, -0.25) is 4.40 Å². The minimum atomic E-state index is -1.06. The summed E-state index contributed by atoms with van der Waals surface area (Å²) >= 11 is 1.35. The molecule has 0 bridgehead atoms. The average molecular weight is 305 g/mol. The van der Waals surface area contributed by atoms with Crippen molar-refractivity contribution in [3.05, 3.63) is 52.9 Å². The lowest BCUT2D eigenvalue weighted by molar-refractivity contribution is 0.0690. The standard InChI is InChI=1S/C14H12FN3O2S/c1-17(8-9-4-2-3-5-10(9)15)12-11(13(19)20)18-6-7-21-14(18)16-12/h2-7H,8H2,1H3,(H,19,20). The highest BCUT2D eigenvalue weighted by Gasteiger charge is 2.22. The first kappa shape index (κ1) is 13.6. The number of carboxylic acids is 1. The van der Waals surface area contributed by atoms with Crippen LogP contribution >= 0.6 is 11.3 Å². The molecule has 2 heterocycles. The fourth-order valence-electron chi connectivity index (χ4n) is 2.20. The number of carboxylic acid groups (broad SMARTS) is 1. The molecule has 0 saturated carbocycles. The number of hydrogen-bond acceptors (Lipinski definition) is 4. The van der Waals surface area contributed by atoms with E-state index in [0.29, 0.717) is 16.3 Å². The summed E-state index contributed by atoms with van der Waals surface area (Å²) in [6.07, 6.45) is 1.66. The van der Waals surface area contributed by atoms with Gasteiger partial charge in [-0.2, -0.15) is 0 Å². The molecule has 1 N–H and O–H groups in total. The first-order chi connectivity index (χ1) is 10.1. The van der Waals surface area contributed by atoms with Gasteiger partial charge in [0.05, 0.1) is 0 Å². The van der Waals surface area contributed by atoms with Gasteiger partial charge in [0.15, 0.2) is 16.5 Å². The maximum Gasteiger partial charge on any atom is 0.356 e. The summed E-state index contributed by atoms with van der Waals surface area (Å²) in [6.45, 7) is 0.248. The van der Waals surface area contributed by atoms with Crippen LogP contribution in [0, 0.1) is 5.82 Å². The number of nitrogens with zero attached hydrogens (tertiary/aromatic N) is 3. The van der Waals surface area contributed by atoms with E-state index < -0.39 is 5.97 Å². The summed E-state index contributed by atoms with van der Waals surface area (Å²) in [5.41, 5.74) is 0.581. The third kappa shape index (κ3) is 2.36. The van der Waals surface area contributed by atoms with Gasteiger partial charge < -0.3 is 10.0 Å². The number of hydrogen-bond donors (Lipinski definition) is 1. The largest absolute Gasteiger partial charge is 0.476 e. The van der Waals surface area contributed by atoms with Crippen LogP contribution in [0.25, 0.3) is 4.96 Å². The summed E-state index contributed by atoms with van der Waals surface area (Å²) in [6, 6.07) is 6.42. The summed E-state index contributed by atoms with van der Waals surface area (Å²) in [7, 11) is 1.70. The van der Waals surface area contributed by atoms with E-state index in [1.165, 1.54) is 21.8 Å². The summed E-state index contributed by atoms with van der Waals surface area (Å²) in [5.74, 6) is -1.05. The second-order valence-electron chi connectivity index (χ2n) is 4.59. The van der Waals surface area contributed by atoms with Crippen molar-refractivity contribution in [1.29, 1.82) is 0 Å². The minimum absolute atomic E-state index is 0.0880. The van der Waals surface area contributed by atoms with Crippen molar-refractivity contribution < 1.29 is 14.3 Å². The van der Waals surface area contributed by atoms with Crippen molar-refractivity contribution in [3.8, 4) is 0 Å². The Balaban J connectivity index is 2.00. The smallest absolute Gasteiger partial charge is 0.356 e. The Kier molecular flexibility index (Phi) is 3.34.